The fourth-order valence-electron chi connectivity index (χ4n) is 2.68. The second-order valence-corrected chi connectivity index (χ2v) is 6.27. The normalized spacial score (nSPS) is 16.7. The number of nitrogens with one attached hydrogen (secondary N) is 2. The molecule has 0 aromatic heterocycles. The van der Waals surface area contributed by atoms with E-state index in [2.05, 4.69) is 10.6 Å². The van der Waals surface area contributed by atoms with Crippen molar-refractivity contribution in [2.75, 3.05) is 11.4 Å². The third-order valence-corrected chi connectivity index (χ3v) is 4.36. The molecular formula is C19H19N3O2S. The summed E-state index contributed by atoms with van der Waals surface area (Å²) in [7, 11) is 0. The monoisotopic (exact) mass is 353 g/mol. The molecule has 128 valence electrons. The maximum atomic E-state index is 12.2. The molecule has 1 heterocycles. The summed E-state index contributed by atoms with van der Waals surface area (Å²) in [5.41, 5.74) is 2.39. The van der Waals surface area contributed by atoms with Crippen LogP contribution in [0.1, 0.15) is 22.8 Å². The van der Waals surface area contributed by atoms with E-state index >= 15 is 0 Å². The van der Waals surface area contributed by atoms with Gasteiger partial charge in [0.2, 0.25) is 0 Å². The highest BCUT2D eigenvalue weighted by atomic mass is 32.1. The predicted octanol–water partition coefficient (Wildman–Crippen LogP) is 2.27. The molecule has 1 saturated heterocycles. The number of hydrogen-bond acceptors (Lipinski definition) is 3. The lowest BCUT2D eigenvalue weighted by atomic mass is 10.1. The Bertz CT molecular complexity index is 790. The molecule has 1 atom stereocenters. The zero-order chi connectivity index (χ0) is 17.8. The summed E-state index contributed by atoms with van der Waals surface area (Å²) in [6.45, 7) is 2.34. The molecule has 1 aliphatic heterocycles. The molecule has 0 bridgehead atoms. The number of carbonyl (C=O) groups excluding carboxylic acids is 2. The number of thiocarbonyl (C=S) groups is 1. The molecule has 0 saturated carbocycles. The number of rotatable bonds is 5. The van der Waals surface area contributed by atoms with Gasteiger partial charge >= 0.3 is 0 Å². The minimum atomic E-state index is -0.325. The summed E-state index contributed by atoms with van der Waals surface area (Å²) >= 11 is 5.18. The van der Waals surface area contributed by atoms with E-state index in [4.69, 9.17) is 12.2 Å². The highest BCUT2D eigenvalue weighted by molar-refractivity contribution is 7.80. The molecule has 0 radical (unpaired) electrons. The van der Waals surface area contributed by atoms with Crippen molar-refractivity contribution >= 4 is 34.8 Å². The number of carbonyl (C=O) groups is 2. The molecule has 3 rings (SSSR count). The lowest BCUT2D eigenvalue weighted by molar-refractivity contribution is -0.117. The Morgan fingerprint density at radius 2 is 1.84 bits per heavy atom. The standard InChI is InChI=1S/C19H19N3O2S/c1-13-18(24)22(19(25)21-13)16-9-7-15(8-10-16)17(23)20-12-11-14-5-3-2-4-6-14/h2-10,13H,11-12H2,1H3,(H,20,23)(H,21,25)/t13-/m0/s1. The van der Waals surface area contributed by atoms with Gasteiger partial charge in [-0.3, -0.25) is 14.5 Å². The fourth-order valence-corrected chi connectivity index (χ4v) is 3.05. The molecule has 6 heteroatoms. The SMILES string of the molecule is C[C@@H]1NC(=S)N(c2ccc(C(=O)NCCc3ccccc3)cc2)C1=O. The highest BCUT2D eigenvalue weighted by Gasteiger charge is 2.33. The molecule has 1 aliphatic rings. The Labute approximate surface area is 152 Å². The number of amides is 2. The summed E-state index contributed by atoms with van der Waals surface area (Å²) in [5.74, 6) is -0.227. The first-order valence-corrected chi connectivity index (χ1v) is 8.54. The minimum absolute atomic E-state index is 0.0925. The smallest absolute Gasteiger partial charge is 0.255 e. The molecular weight excluding hydrogens is 334 g/mol. The Kier molecular flexibility index (Phi) is 5.09. The first-order chi connectivity index (χ1) is 12.1. The lowest BCUT2D eigenvalue weighted by Gasteiger charge is -2.15. The van der Waals surface area contributed by atoms with Crippen LogP contribution < -0.4 is 15.5 Å². The Morgan fingerprint density at radius 1 is 1.16 bits per heavy atom. The predicted molar refractivity (Wildman–Crippen MR) is 102 cm³/mol. The van der Waals surface area contributed by atoms with Crippen LogP contribution in [0.15, 0.2) is 54.6 Å². The molecule has 2 aromatic carbocycles. The highest BCUT2D eigenvalue weighted by Crippen LogP contribution is 2.20. The average molecular weight is 353 g/mol. The van der Waals surface area contributed by atoms with E-state index in [1.165, 1.54) is 10.5 Å². The van der Waals surface area contributed by atoms with Crippen LogP contribution in [0.5, 0.6) is 0 Å². The van der Waals surface area contributed by atoms with Crippen molar-refractivity contribution in [2.24, 2.45) is 0 Å². The van der Waals surface area contributed by atoms with Crippen LogP contribution in [0.25, 0.3) is 0 Å². The maximum absolute atomic E-state index is 12.2. The minimum Gasteiger partial charge on any atom is -0.352 e. The Morgan fingerprint density at radius 3 is 2.44 bits per heavy atom. The van der Waals surface area contributed by atoms with Crippen LogP contribution in [0.3, 0.4) is 0 Å². The van der Waals surface area contributed by atoms with Crippen molar-refractivity contribution in [3.05, 3.63) is 65.7 Å². The van der Waals surface area contributed by atoms with E-state index in [0.29, 0.717) is 22.9 Å². The Balaban J connectivity index is 1.59. The number of benzene rings is 2. The van der Waals surface area contributed by atoms with Gasteiger partial charge in [-0.2, -0.15) is 0 Å². The molecule has 0 spiro atoms. The quantitative estimate of drug-likeness (QED) is 0.810. The van der Waals surface area contributed by atoms with E-state index in [1.807, 2.05) is 30.3 Å². The molecule has 0 aliphatic carbocycles. The molecule has 2 aromatic rings. The zero-order valence-electron chi connectivity index (χ0n) is 13.9. The summed E-state index contributed by atoms with van der Waals surface area (Å²) in [4.78, 5) is 25.8. The van der Waals surface area contributed by atoms with Crippen molar-refractivity contribution in [3.8, 4) is 0 Å². The summed E-state index contributed by atoms with van der Waals surface area (Å²) in [6.07, 6.45) is 0.783. The van der Waals surface area contributed by atoms with Gasteiger partial charge in [-0.25, -0.2) is 0 Å². The van der Waals surface area contributed by atoms with Crippen LogP contribution in [0.2, 0.25) is 0 Å². The number of anilines is 1. The molecule has 1 fully saturated rings. The zero-order valence-corrected chi connectivity index (χ0v) is 14.7. The van der Waals surface area contributed by atoms with Gasteiger partial charge in [0.05, 0.1) is 5.69 Å². The van der Waals surface area contributed by atoms with Gasteiger partial charge < -0.3 is 10.6 Å². The van der Waals surface area contributed by atoms with Gasteiger partial charge in [0, 0.05) is 12.1 Å². The third-order valence-electron chi connectivity index (χ3n) is 4.06. The number of nitrogens with zero attached hydrogens (tertiary/aromatic N) is 1. The van der Waals surface area contributed by atoms with Gasteiger partial charge in [-0.1, -0.05) is 30.3 Å². The van der Waals surface area contributed by atoms with E-state index in [-0.39, 0.29) is 17.9 Å². The molecule has 2 N–H and O–H groups in total. The van der Waals surface area contributed by atoms with E-state index in [1.54, 1.807) is 31.2 Å². The lowest BCUT2D eigenvalue weighted by Crippen LogP contribution is -2.31. The van der Waals surface area contributed by atoms with Crippen LogP contribution in [-0.4, -0.2) is 29.5 Å². The topological polar surface area (TPSA) is 61.4 Å². The average Bonchev–Trinajstić information content (AvgIpc) is 2.88. The van der Waals surface area contributed by atoms with Crippen molar-refractivity contribution in [3.63, 3.8) is 0 Å². The summed E-state index contributed by atoms with van der Waals surface area (Å²) < 4.78 is 0. The number of hydrogen-bond donors (Lipinski definition) is 2. The maximum Gasteiger partial charge on any atom is 0.255 e. The molecule has 2 amide bonds. The van der Waals surface area contributed by atoms with Crippen LogP contribution in [0.4, 0.5) is 5.69 Å². The van der Waals surface area contributed by atoms with Crippen LogP contribution >= 0.6 is 12.2 Å². The van der Waals surface area contributed by atoms with Gasteiger partial charge in [-0.05, 0) is 55.4 Å². The molecule has 5 nitrogen and oxygen atoms in total. The summed E-state index contributed by atoms with van der Waals surface area (Å²) in [5, 5.41) is 6.21. The first-order valence-electron chi connectivity index (χ1n) is 8.13. The van der Waals surface area contributed by atoms with Crippen molar-refractivity contribution < 1.29 is 9.59 Å². The van der Waals surface area contributed by atoms with Gasteiger partial charge in [0.15, 0.2) is 5.11 Å². The van der Waals surface area contributed by atoms with E-state index in [9.17, 15) is 9.59 Å². The van der Waals surface area contributed by atoms with Crippen molar-refractivity contribution in [1.29, 1.82) is 0 Å². The van der Waals surface area contributed by atoms with E-state index < -0.39 is 0 Å². The van der Waals surface area contributed by atoms with Crippen LogP contribution in [-0.2, 0) is 11.2 Å². The van der Waals surface area contributed by atoms with Crippen molar-refractivity contribution in [1.82, 2.24) is 10.6 Å². The fraction of sp³-hybridized carbons (Fsp3) is 0.211. The molecule has 0 unspecified atom stereocenters. The first kappa shape index (κ1) is 17.1. The van der Waals surface area contributed by atoms with Gasteiger partial charge in [0.1, 0.15) is 6.04 Å². The second kappa shape index (κ2) is 7.44. The van der Waals surface area contributed by atoms with Crippen molar-refractivity contribution in [2.45, 2.75) is 19.4 Å². The molecule has 25 heavy (non-hydrogen) atoms. The largest absolute Gasteiger partial charge is 0.352 e. The van der Waals surface area contributed by atoms with Gasteiger partial charge in [0.25, 0.3) is 11.8 Å². The van der Waals surface area contributed by atoms with E-state index in [0.717, 1.165) is 6.42 Å². The second-order valence-electron chi connectivity index (χ2n) is 5.88. The Hall–Kier alpha value is -2.73. The summed E-state index contributed by atoms with van der Waals surface area (Å²) in [6, 6.07) is 16.5. The third kappa shape index (κ3) is 3.85. The van der Waals surface area contributed by atoms with Crippen LogP contribution in [0, 0.1) is 0 Å². The van der Waals surface area contributed by atoms with Gasteiger partial charge in [-0.15, -0.1) is 0 Å².